The van der Waals surface area contributed by atoms with Gasteiger partial charge in [-0.05, 0) is 18.8 Å². The molecular weight excluding hydrogens is 204 g/mol. The molecule has 0 bridgehead atoms. The van der Waals surface area contributed by atoms with Crippen LogP contribution in [0.2, 0.25) is 0 Å². The summed E-state index contributed by atoms with van der Waals surface area (Å²) < 4.78 is 5.10. The van der Waals surface area contributed by atoms with Gasteiger partial charge in [-0.25, -0.2) is 0 Å². The second-order valence-electron chi connectivity index (χ2n) is 4.66. The highest BCUT2D eigenvalue weighted by molar-refractivity contribution is 5.69. The molecule has 3 nitrogen and oxygen atoms in total. The van der Waals surface area contributed by atoms with E-state index in [4.69, 9.17) is 9.84 Å². The van der Waals surface area contributed by atoms with Gasteiger partial charge in [0.15, 0.2) is 0 Å². The molecule has 0 saturated heterocycles. The quantitative estimate of drug-likeness (QED) is 0.463. The Hall–Kier alpha value is -0.570. The summed E-state index contributed by atoms with van der Waals surface area (Å²) in [5, 5.41) is 8.58. The predicted molar refractivity (Wildman–Crippen MR) is 65.2 cm³/mol. The van der Waals surface area contributed by atoms with Gasteiger partial charge >= 0.3 is 5.97 Å². The monoisotopic (exact) mass is 230 g/mol. The molecule has 0 fully saturated rings. The van der Waals surface area contributed by atoms with Crippen molar-refractivity contribution in [3.8, 4) is 0 Å². The molecule has 0 aromatic carbocycles. The van der Waals surface area contributed by atoms with Crippen LogP contribution in [0.15, 0.2) is 0 Å². The summed E-state index contributed by atoms with van der Waals surface area (Å²) in [5.41, 5.74) is 0. The van der Waals surface area contributed by atoms with Crippen LogP contribution in [0.5, 0.6) is 0 Å². The van der Waals surface area contributed by atoms with Crippen molar-refractivity contribution in [2.75, 3.05) is 13.2 Å². The number of hydrogen-bond acceptors (Lipinski definition) is 3. The summed E-state index contributed by atoms with van der Waals surface area (Å²) in [5.74, 6) is 0.307. The van der Waals surface area contributed by atoms with Gasteiger partial charge in [0, 0.05) is 13.0 Å². The van der Waals surface area contributed by atoms with E-state index in [0.29, 0.717) is 25.6 Å². The minimum Gasteiger partial charge on any atom is -0.466 e. The molecule has 3 heteroatoms. The minimum atomic E-state index is -0.0738. The summed E-state index contributed by atoms with van der Waals surface area (Å²) in [6.07, 6.45) is 6.94. The number of rotatable bonds is 10. The van der Waals surface area contributed by atoms with E-state index in [1.807, 2.05) is 13.8 Å². The van der Waals surface area contributed by atoms with Gasteiger partial charge in [-0.1, -0.05) is 39.5 Å². The Labute approximate surface area is 99.2 Å². The average Bonchev–Trinajstić information content (AvgIpc) is 2.21. The van der Waals surface area contributed by atoms with Crippen LogP contribution < -0.4 is 0 Å². The second kappa shape index (κ2) is 10.9. The Bertz CT molecular complexity index is 167. The molecule has 0 radical (unpaired) electrons. The molecule has 0 aliphatic carbocycles. The number of carbonyl (C=O) groups is 1. The molecule has 0 amide bonds. The van der Waals surface area contributed by atoms with Gasteiger partial charge in [-0.15, -0.1) is 0 Å². The van der Waals surface area contributed by atoms with Crippen molar-refractivity contribution in [3.05, 3.63) is 0 Å². The lowest BCUT2D eigenvalue weighted by molar-refractivity contribution is -0.144. The smallest absolute Gasteiger partial charge is 0.306 e. The van der Waals surface area contributed by atoms with Crippen LogP contribution >= 0.6 is 0 Å². The molecule has 16 heavy (non-hydrogen) atoms. The second-order valence-corrected chi connectivity index (χ2v) is 4.66. The fraction of sp³-hybridized carbons (Fsp3) is 0.923. The lowest BCUT2D eigenvalue weighted by Crippen LogP contribution is -2.08. The van der Waals surface area contributed by atoms with Crippen molar-refractivity contribution in [1.82, 2.24) is 0 Å². The molecule has 0 aromatic heterocycles. The van der Waals surface area contributed by atoms with Crippen LogP contribution in [0.4, 0.5) is 0 Å². The number of aliphatic hydroxyl groups is 1. The van der Waals surface area contributed by atoms with Gasteiger partial charge in [0.2, 0.25) is 0 Å². The van der Waals surface area contributed by atoms with Gasteiger partial charge < -0.3 is 9.84 Å². The van der Waals surface area contributed by atoms with E-state index in [1.165, 1.54) is 12.8 Å². The highest BCUT2D eigenvalue weighted by Crippen LogP contribution is 2.06. The standard InChI is InChI=1S/C13H26O3/c1-12(2)11-13(15)16-10-8-6-4-3-5-7-9-14/h12,14H,3-11H2,1-2H3. The molecule has 0 saturated carbocycles. The van der Waals surface area contributed by atoms with Gasteiger partial charge in [0.05, 0.1) is 6.61 Å². The van der Waals surface area contributed by atoms with Gasteiger partial charge in [0.25, 0.3) is 0 Å². The van der Waals surface area contributed by atoms with Crippen molar-refractivity contribution in [3.63, 3.8) is 0 Å². The van der Waals surface area contributed by atoms with Crippen LogP contribution in [-0.2, 0) is 9.53 Å². The molecule has 1 N–H and O–H groups in total. The van der Waals surface area contributed by atoms with Gasteiger partial charge in [0.1, 0.15) is 0 Å². The van der Waals surface area contributed by atoms with E-state index < -0.39 is 0 Å². The zero-order valence-corrected chi connectivity index (χ0v) is 10.7. The molecule has 0 rings (SSSR count). The Morgan fingerprint density at radius 2 is 1.62 bits per heavy atom. The highest BCUT2D eigenvalue weighted by atomic mass is 16.5. The van der Waals surface area contributed by atoms with Crippen molar-refractivity contribution in [1.29, 1.82) is 0 Å². The molecule has 0 unspecified atom stereocenters. The van der Waals surface area contributed by atoms with Gasteiger partial charge in [-0.3, -0.25) is 4.79 Å². The third-order valence-corrected chi connectivity index (χ3v) is 2.39. The Morgan fingerprint density at radius 1 is 1.06 bits per heavy atom. The van der Waals surface area contributed by atoms with Crippen LogP contribution in [0, 0.1) is 5.92 Å². The average molecular weight is 230 g/mol. The van der Waals surface area contributed by atoms with Crippen molar-refractivity contribution < 1.29 is 14.6 Å². The summed E-state index contributed by atoms with van der Waals surface area (Å²) in [7, 11) is 0. The minimum absolute atomic E-state index is 0.0738. The normalized spacial score (nSPS) is 10.8. The fourth-order valence-corrected chi connectivity index (χ4v) is 1.50. The van der Waals surface area contributed by atoms with E-state index in [9.17, 15) is 4.79 Å². The third-order valence-electron chi connectivity index (χ3n) is 2.39. The first-order chi connectivity index (χ1) is 7.66. The Kier molecular flexibility index (Phi) is 10.5. The van der Waals surface area contributed by atoms with E-state index in [0.717, 1.165) is 25.7 Å². The van der Waals surface area contributed by atoms with E-state index in [1.54, 1.807) is 0 Å². The maximum absolute atomic E-state index is 11.2. The summed E-state index contributed by atoms with van der Waals surface area (Å²) in [6, 6.07) is 0. The van der Waals surface area contributed by atoms with Crippen LogP contribution in [0.3, 0.4) is 0 Å². The summed E-state index contributed by atoms with van der Waals surface area (Å²) in [4.78, 5) is 11.2. The van der Waals surface area contributed by atoms with E-state index in [2.05, 4.69) is 0 Å². The van der Waals surface area contributed by atoms with Crippen molar-refractivity contribution >= 4 is 5.97 Å². The van der Waals surface area contributed by atoms with Crippen molar-refractivity contribution in [2.45, 2.75) is 58.8 Å². The van der Waals surface area contributed by atoms with Crippen LogP contribution in [0.1, 0.15) is 58.8 Å². The van der Waals surface area contributed by atoms with Crippen molar-refractivity contribution in [2.24, 2.45) is 5.92 Å². The molecule has 0 aliphatic heterocycles. The number of ether oxygens (including phenoxy) is 1. The number of aliphatic hydroxyl groups excluding tert-OH is 1. The number of esters is 1. The SMILES string of the molecule is CC(C)CC(=O)OCCCCCCCCO. The first-order valence-corrected chi connectivity index (χ1v) is 6.43. The zero-order valence-electron chi connectivity index (χ0n) is 10.7. The maximum atomic E-state index is 11.2. The summed E-state index contributed by atoms with van der Waals surface area (Å²) in [6.45, 7) is 4.89. The first-order valence-electron chi connectivity index (χ1n) is 6.43. The summed E-state index contributed by atoms with van der Waals surface area (Å²) >= 11 is 0. The Morgan fingerprint density at radius 3 is 2.19 bits per heavy atom. The number of unbranched alkanes of at least 4 members (excludes halogenated alkanes) is 5. The van der Waals surface area contributed by atoms with E-state index >= 15 is 0 Å². The maximum Gasteiger partial charge on any atom is 0.306 e. The Balaban J connectivity index is 3.11. The predicted octanol–water partition coefficient (Wildman–Crippen LogP) is 2.91. The molecule has 0 aromatic rings. The first kappa shape index (κ1) is 15.4. The molecular formula is C13H26O3. The fourth-order valence-electron chi connectivity index (χ4n) is 1.50. The third kappa shape index (κ3) is 11.5. The van der Waals surface area contributed by atoms with Gasteiger partial charge in [-0.2, -0.15) is 0 Å². The molecule has 0 atom stereocenters. The number of hydrogen-bond donors (Lipinski definition) is 1. The zero-order chi connectivity index (χ0) is 12.2. The topological polar surface area (TPSA) is 46.5 Å². The lowest BCUT2D eigenvalue weighted by Gasteiger charge is -2.06. The molecule has 0 aliphatic rings. The molecule has 96 valence electrons. The van der Waals surface area contributed by atoms with Crippen LogP contribution in [-0.4, -0.2) is 24.3 Å². The molecule has 0 spiro atoms. The highest BCUT2D eigenvalue weighted by Gasteiger charge is 2.04. The molecule has 0 heterocycles. The number of carbonyl (C=O) groups excluding carboxylic acids is 1. The van der Waals surface area contributed by atoms with E-state index in [-0.39, 0.29) is 5.97 Å². The lowest BCUT2D eigenvalue weighted by atomic mass is 10.1. The largest absolute Gasteiger partial charge is 0.466 e. The van der Waals surface area contributed by atoms with Crippen LogP contribution in [0.25, 0.3) is 0 Å².